The maximum absolute atomic E-state index is 11.8. The van der Waals surface area contributed by atoms with Crippen LogP contribution in [0.15, 0.2) is 24.3 Å². The summed E-state index contributed by atoms with van der Waals surface area (Å²) >= 11 is 0. The van der Waals surface area contributed by atoms with Crippen molar-refractivity contribution >= 4 is 5.91 Å². The van der Waals surface area contributed by atoms with Crippen molar-refractivity contribution in [1.29, 1.82) is 0 Å². The van der Waals surface area contributed by atoms with Crippen LogP contribution >= 0.6 is 0 Å². The van der Waals surface area contributed by atoms with E-state index in [1.807, 2.05) is 52.0 Å². The minimum Gasteiger partial charge on any atom is -0.493 e. The number of hydrogen-bond acceptors (Lipinski definition) is 3. The molecule has 1 atom stereocenters. The molecule has 3 N–H and O–H groups in total. The van der Waals surface area contributed by atoms with Gasteiger partial charge in [-0.05, 0) is 30.4 Å². The molecule has 0 bridgehead atoms. The second kappa shape index (κ2) is 7.29. The molecule has 0 fully saturated rings. The third-order valence-corrected chi connectivity index (χ3v) is 3.19. The van der Waals surface area contributed by atoms with E-state index in [0.29, 0.717) is 13.2 Å². The zero-order valence-corrected chi connectivity index (χ0v) is 12.9. The summed E-state index contributed by atoms with van der Waals surface area (Å²) in [6.07, 6.45) is 0.761. The first-order chi connectivity index (χ1) is 9.32. The van der Waals surface area contributed by atoms with Gasteiger partial charge in [0.1, 0.15) is 5.75 Å². The Hall–Kier alpha value is -1.55. The van der Waals surface area contributed by atoms with E-state index < -0.39 is 6.04 Å². The van der Waals surface area contributed by atoms with E-state index in [0.717, 1.165) is 17.7 Å². The summed E-state index contributed by atoms with van der Waals surface area (Å²) < 4.78 is 5.66. The fourth-order valence-electron chi connectivity index (χ4n) is 1.69. The topological polar surface area (TPSA) is 64.3 Å². The number of hydrogen-bond donors (Lipinski definition) is 2. The number of nitrogens with two attached hydrogens (primary N) is 1. The molecule has 0 heterocycles. The molecule has 0 saturated carbocycles. The van der Waals surface area contributed by atoms with Crippen LogP contribution in [-0.2, 0) is 4.79 Å². The number of amides is 1. The van der Waals surface area contributed by atoms with Crippen molar-refractivity contribution in [2.45, 2.75) is 40.2 Å². The number of nitrogens with one attached hydrogen (secondary N) is 1. The minimum atomic E-state index is -0.486. The van der Waals surface area contributed by atoms with Crippen LogP contribution in [0.25, 0.3) is 0 Å². The van der Waals surface area contributed by atoms with Gasteiger partial charge in [-0.25, -0.2) is 0 Å². The molecule has 0 aliphatic carbocycles. The first-order valence-corrected chi connectivity index (χ1v) is 7.04. The van der Waals surface area contributed by atoms with Crippen LogP contribution in [0.3, 0.4) is 0 Å². The highest BCUT2D eigenvalue weighted by atomic mass is 16.5. The highest BCUT2D eigenvalue weighted by Gasteiger charge is 2.26. The molecule has 0 aromatic heterocycles. The van der Waals surface area contributed by atoms with Crippen LogP contribution in [0.1, 0.15) is 32.8 Å². The van der Waals surface area contributed by atoms with Crippen molar-refractivity contribution in [1.82, 2.24) is 5.32 Å². The summed E-state index contributed by atoms with van der Waals surface area (Å²) in [7, 11) is 0. The van der Waals surface area contributed by atoms with Crippen LogP contribution in [-0.4, -0.2) is 25.1 Å². The first kappa shape index (κ1) is 16.5. The molecule has 112 valence electrons. The van der Waals surface area contributed by atoms with Crippen molar-refractivity contribution in [3.8, 4) is 5.75 Å². The standard InChI is InChI=1S/C16H26N2O2/c1-12-8-5-6-9-13(12)20-11-7-10-18-15(19)14(17)16(2,3)4/h5-6,8-9,14H,7,10-11,17H2,1-4H3,(H,18,19)/t14-/m1/s1. The first-order valence-electron chi connectivity index (χ1n) is 7.04. The van der Waals surface area contributed by atoms with Gasteiger partial charge in [0.25, 0.3) is 0 Å². The number of para-hydroxylation sites is 1. The van der Waals surface area contributed by atoms with Gasteiger partial charge >= 0.3 is 0 Å². The predicted octanol–water partition coefficient (Wildman–Crippen LogP) is 2.25. The van der Waals surface area contributed by atoms with Gasteiger partial charge < -0.3 is 15.8 Å². The van der Waals surface area contributed by atoms with E-state index in [1.54, 1.807) is 0 Å². The van der Waals surface area contributed by atoms with Crippen LogP contribution in [0.5, 0.6) is 5.75 Å². The molecule has 4 nitrogen and oxygen atoms in total. The highest BCUT2D eigenvalue weighted by Crippen LogP contribution is 2.17. The van der Waals surface area contributed by atoms with Gasteiger partial charge in [-0.3, -0.25) is 4.79 Å². The zero-order valence-electron chi connectivity index (χ0n) is 12.9. The lowest BCUT2D eigenvalue weighted by molar-refractivity contribution is -0.124. The molecule has 4 heteroatoms. The Labute approximate surface area is 121 Å². The molecular weight excluding hydrogens is 252 g/mol. The number of benzene rings is 1. The molecule has 20 heavy (non-hydrogen) atoms. The molecular formula is C16H26N2O2. The average molecular weight is 278 g/mol. The van der Waals surface area contributed by atoms with E-state index in [-0.39, 0.29) is 11.3 Å². The molecule has 0 aliphatic heterocycles. The lowest BCUT2D eigenvalue weighted by Crippen LogP contribution is -2.48. The minimum absolute atomic E-state index is 0.103. The van der Waals surface area contributed by atoms with Crippen molar-refractivity contribution < 1.29 is 9.53 Å². The Balaban J connectivity index is 2.23. The fourth-order valence-corrected chi connectivity index (χ4v) is 1.69. The Morgan fingerprint density at radius 1 is 1.35 bits per heavy atom. The van der Waals surface area contributed by atoms with Crippen molar-refractivity contribution in [3.63, 3.8) is 0 Å². The van der Waals surface area contributed by atoms with Gasteiger partial charge in [0, 0.05) is 6.54 Å². The van der Waals surface area contributed by atoms with Crippen LogP contribution in [0, 0.1) is 12.3 Å². The monoisotopic (exact) mass is 278 g/mol. The van der Waals surface area contributed by atoms with E-state index in [9.17, 15) is 4.79 Å². The van der Waals surface area contributed by atoms with Crippen LogP contribution in [0.2, 0.25) is 0 Å². The molecule has 1 aromatic rings. The lowest BCUT2D eigenvalue weighted by atomic mass is 9.87. The van der Waals surface area contributed by atoms with Gasteiger partial charge in [-0.15, -0.1) is 0 Å². The van der Waals surface area contributed by atoms with Crippen molar-refractivity contribution in [2.75, 3.05) is 13.2 Å². The normalized spacial score (nSPS) is 12.8. The van der Waals surface area contributed by atoms with Gasteiger partial charge in [0.05, 0.1) is 12.6 Å². The number of ether oxygens (including phenoxy) is 1. The Morgan fingerprint density at radius 2 is 2.00 bits per heavy atom. The predicted molar refractivity (Wildman–Crippen MR) is 81.7 cm³/mol. The third-order valence-electron chi connectivity index (χ3n) is 3.19. The maximum Gasteiger partial charge on any atom is 0.237 e. The molecule has 1 aromatic carbocycles. The smallest absolute Gasteiger partial charge is 0.237 e. The van der Waals surface area contributed by atoms with Gasteiger partial charge in [0.15, 0.2) is 0 Å². The van der Waals surface area contributed by atoms with E-state index >= 15 is 0 Å². The Bertz CT molecular complexity index is 438. The largest absolute Gasteiger partial charge is 0.493 e. The summed E-state index contributed by atoms with van der Waals surface area (Å²) in [6, 6.07) is 7.41. The number of rotatable bonds is 6. The van der Waals surface area contributed by atoms with Gasteiger partial charge in [-0.1, -0.05) is 39.0 Å². The number of aryl methyl sites for hydroxylation is 1. The van der Waals surface area contributed by atoms with E-state index in [1.165, 1.54) is 0 Å². The SMILES string of the molecule is Cc1ccccc1OCCCNC(=O)[C@@H](N)C(C)(C)C. The zero-order chi connectivity index (χ0) is 15.2. The van der Waals surface area contributed by atoms with Crippen LogP contribution < -0.4 is 15.8 Å². The van der Waals surface area contributed by atoms with E-state index in [2.05, 4.69) is 5.32 Å². The molecule has 1 rings (SSSR count). The molecule has 0 saturated heterocycles. The summed E-state index contributed by atoms with van der Waals surface area (Å²) in [5, 5.41) is 2.85. The maximum atomic E-state index is 11.8. The summed E-state index contributed by atoms with van der Waals surface area (Å²) in [5.41, 5.74) is 6.77. The summed E-state index contributed by atoms with van der Waals surface area (Å²) in [6.45, 7) is 9.04. The Morgan fingerprint density at radius 3 is 2.60 bits per heavy atom. The van der Waals surface area contributed by atoms with Crippen molar-refractivity contribution in [2.24, 2.45) is 11.1 Å². The molecule has 0 spiro atoms. The van der Waals surface area contributed by atoms with Gasteiger partial charge in [-0.2, -0.15) is 0 Å². The van der Waals surface area contributed by atoms with Crippen LogP contribution in [0.4, 0.5) is 0 Å². The molecule has 0 unspecified atom stereocenters. The molecule has 0 radical (unpaired) electrons. The van der Waals surface area contributed by atoms with Crippen molar-refractivity contribution in [3.05, 3.63) is 29.8 Å². The molecule has 0 aliphatic rings. The number of carbonyl (C=O) groups is 1. The number of carbonyl (C=O) groups excluding carboxylic acids is 1. The van der Waals surface area contributed by atoms with E-state index in [4.69, 9.17) is 10.5 Å². The second-order valence-corrected chi connectivity index (χ2v) is 6.10. The third kappa shape index (κ3) is 5.21. The second-order valence-electron chi connectivity index (χ2n) is 6.10. The lowest BCUT2D eigenvalue weighted by Gasteiger charge is -2.25. The summed E-state index contributed by atoms with van der Waals surface area (Å²) in [4.78, 5) is 11.8. The molecule has 1 amide bonds. The highest BCUT2D eigenvalue weighted by molar-refractivity contribution is 5.82. The Kier molecular flexibility index (Phi) is 6.02. The van der Waals surface area contributed by atoms with Gasteiger partial charge in [0.2, 0.25) is 5.91 Å². The summed E-state index contributed by atoms with van der Waals surface area (Å²) in [5.74, 6) is 0.790. The quantitative estimate of drug-likeness (QED) is 0.784. The fraction of sp³-hybridized carbons (Fsp3) is 0.562. The average Bonchev–Trinajstić information content (AvgIpc) is 2.38.